The predicted octanol–water partition coefficient (Wildman–Crippen LogP) is 6.35. The summed E-state index contributed by atoms with van der Waals surface area (Å²) in [5.74, 6) is -0.121. The van der Waals surface area contributed by atoms with Crippen LogP contribution in [-0.2, 0) is 12.5 Å². The van der Waals surface area contributed by atoms with Crippen LogP contribution in [0.1, 0.15) is 60.7 Å². The van der Waals surface area contributed by atoms with E-state index in [1.807, 2.05) is 25.1 Å². The Hall–Kier alpha value is -4.85. The van der Waals surface area contributed by atoms with Gasteiger partial charge in [0.15, 0.2) is 5.82 Å². The van der Waals surface area contributed by atoms with Crippen molar-refractivity contribution in [2.45, 2.75) is 52.0 Å². The molecule has 0 spiro atoms. The van der Waals surface area contributed by atoms with E-state index in [1.165, 1.54) is 10.1 Å². The molecule has 1 aromatic heterocycles. The van der Waals surface area contributed by atoms with Crippen LogP contribution in [0.4, 0.5) is 22.9 Å². The van der Waals surface area contributed by atoms with Crippen molar-refractivity contribution in [3.8, 4) is 11.3 Å². The standard InChI is InChI=1S/C34H38N6O2/c1-20-26(8-7-9-28(20)36-21(2)22-10-12-23(13-11-22)34(3,4)5)30-19-40(6)33(42)31(39-30)38-29-17-14-24(35)18-27(29)32(41)37-25-15-16-25/h7-14,17-19,25,36H,2,15-16,35H2,1,3-6H3,(H,37,41)(H,38,39). The summed E-state index contributed by atoms with van der Waals surface area (Å²) in [5, 5.41) is 9.55. The van der Waals surface area contributed by atoms with Crippen molar-refractivity contribution in [1.82, 2.24) is 14.9 Å². The molecule has 0 aliphatic heterocycles. The van der Waals surface area contributed by atoms with Crippen LogP contribution in [0.3, 0.4) is 0 Å². The number of hydrogen-bond acceptors (Lipinski definition) is 6. The lowest BCUT2D eigenvalue weighted by Crippen LogP contribution is -2.27. The number of aromatic nitrogens is 2. The molecule has 0 bridgehead atoms. The number of anilines is 4. The molecule has 8 heteroatoms. The largest absolute Gasteiger partial charge is 0.399 e. The molecular formula is C34H38N6O2. The molecule has 42 heavy (non-hydrogen) atoms. The predicted molar refractivity (Wildman–Crippen MR) is 172 cm³/mol. The molecule has 1 aliphatic rings. The average Bonchev–Trinajstić information content (AvgIpc) is 3.76. The summed E-state index contributed by atoms with van der Waals surface area (Å²) in [6.07, 6.45) is 3.64. The van der Waals surface area contributed by atoms with Crippen LogP contribution in [-0.4, -0.2) is 21.5 Å². The van der Waals surface area contributed by atoms with Crippen molar-refractivity contribution in [2.24, 2.45) is 7.05 Å². The Kier molecular flexibility index (Phi) is 7.65. The van der Waals surface area contributed by atoms with E-state index >= 15 is 0 Å². The Morgan fingerprint density at radius 3 is 2.43 bits per heavy atom. The second-order valence-corrected chi connectivity index (χ2v) is 12.0. The number of aryl methyl sites for hydroxylation is 1. The van der Waals surface area contributed by atoms with Gasteiger partial charge < -0.3 is 26.3 Å². The lowest BCUT2D eigenvalue weighted by Gasteiger charge is -2.20. The Labute approximate surface area is 246 Å². The van der Waals surface area contributed by atoms with Crippen molar-refractivity contribution in [2.75, 3.05) is 16.4 Å². The molecule has 5 rings (SSSR count). The van der Waals surface area contributed by atoms with E-state index in [0.29, 0.717) is 22.6 Å². The minimum Gasteiger partial charge on any atom is -0.399 e. The second kappa shape index (κ2) is 11.2. The number of carbonyl (C=O) groups excluding carboxylic acids is 1. The quantitative estimate of drug-likeness (QED) is 0.186. The van der Waals surface area contributed by atoms with Crippen molar-refractivity contribution in [1.29, 1.82) is 0 Å². The fourth-order valence-corrected chi connectivity index (χ4v) is 4.75. The maximum Gasteiger partial charge on any atom is 0.293 e. The first-order valence-electron chi connectivity index (χ1n) is 14.1. The molecule has 216 valence electrons. The highest BCUT2D eigenvalue weighted by Gasteiger charge is 2.25. The lowest BCUT2D eigenvalue weighted by atomic mass is 9.86. The van der Waals surface area contributed by atoms with E-state index < -0.39 is 0 Å². The third-order valence-electron chi connectivity index (χ3n) is 7.52. The number of amides is 1. The number of nitrogens with zero attached hydrogens (tertiary/aromatic N) is 2. The molecule has 4 aromatic rings. The summed E-state index contributed by atoms with van der Waals surface area (Å²) >= 11 is 0. The van der Waals surface area contributed by atoms with Gasteiger partial charge in [0.1, 0.15) is 0 Å². The maximum atomic E-state index is 13.1. The molecule has 1 saturated carbocycles. The number of nitrogen functional groups attached to an aromatic ring is 1. The van der Waals surface area contributed by atoms with E-state index in [9.17, 15) is 9.59 Å². The van der Waals surface area contributed by atoms with Crippen LogP contribution in [0.25, 0.3) is 17.0 Å². The fraction of sp³-hybridized carbons (Fsp3) is 0.265. The Morgan fingerprint density at radius 1 is 1.05 bits per heavy atom. The van der Waals surface area contributed by atoms with Gasteiger partial charge in [-0.1, -0.05) is 63.7 Å². The smallest absolute Gasteiger partial charge is 0.293 e. The van der Waals surface area contributed by atoms with Crippen LogP contribution in [0, 0.1) is 6.92 Å². The number of nitrogens with two attached hydrogens (primary N) is 1. The highest BCUT2D eigenvalue weighted by Crippen LogP contribution is 2.31. The molecule has 0 saturated heterocycles. The minimum atomic E-state index is -0.317. The summed E-state index contributed by atoms with van der Waals surface area (Å²) in [6, 6.07) is 19.5. The third-order valence-corrected chi connectivity index (χ3v) is 7.52. The molecular weight excluding hydrogens is 524 g/mol. The van der Waals surface area contributed by atoms with Gasteiger partial charge in [-0.25, -0.2) is 4.98 Å². The monoisotopic (exact) mass is 562 g/mol. The molecule has 0 unspecified atom stereocenters. The van der Waals surface area contributed by atoms with Crippen LogP contribution in [0.5, 0.6) is 0 Å². The van der Waals surface area contributed by atoms with Gasteiger partial charge in [0.25, 0.3) is 11.5 Å². The SMILES string of the molecule is C=C(Nc1cccc(-c2cn(C)c(=O)c(Nc3ccc(N)cc3C(=O)NC3CC3)n2)c1C)c1ccc(C(C)(C)C)cc1. The van der Waals surface area contributed by atoms with E-state index in [-0.39, 0.29) is 28.7 Å². The highest BCUT2D eigenvalue weighted by molar-refractivity contribution is 6.01. The molecule has 8 nitrogen and oxygen atoms in total. The highest BCUT2D eigenvalue weighted by atomic mass is 16.2. The molecule has 0 atom stereocenters. The number of rotatable bonds is 8. The zero-order chi connectivity index (χ0) is 30.2. The van der Waals surface area contributed by atoms with Gasteiger partial charge in [-0.05, 0) is 66.1 Å². The van der Waals surface area contributed by atoms with Crippen LogP contribution < -0.4 is 27.2 Å². The van der Waals surface area contributed by atoms with Gasteiger partial charge >= 0.3 is 0 Å². The molecule has 1 fully saturated rings. The van der Waals surface area contributed by atoms with Crippen molar-refractivity contribution in [3.05, 3.63) is 106 Å². The van der Waals surface area contributed by atoms with E-state index in [1.54, 1.807) is 31.4 Å². The van der Waals surface area contributed by atoms with Gasteiger partial charge in [0, 0.05) is 41.9 Å². The number of nitrogens with one attached hydrogen (secondary N) is 3. The molecule has 0 radical (unpaired) electrons. The molecule has 1 amide bonds. The first-order chi connectivity index (χ1) is 19.9. The topological polar surface area (TPSA) is 114 Å². The number of carbonyl (C=O) groups is 1. The van der Waals surface area contributed by atoms with Crippen LogP contribution in [0.15, 0.2) is 78.2 Å². The fourth-order valence-electron chi connectivity index (χ4n) is 4.75. The Bertz CT molecular complexity index is 1730. The van der Waals surface area contributed by atoms with E-state index in [4.69, 9.17) is 10.7 Å². The van der Waals surface area contributed by atoms with Crippen molar-refractivity contribution in [3.63, 3.8) is 0 Å². The van der Waals surface area contributed by atoms with E-state index in [2.05, 4.69) is 67.6 Å². The van der Waals surface area contributed by atoms with Crippen LogP contribution in [0.2, 0.25) is 0 Å². The van der Waals surface area contributed by atoms with E-state index in [0.717, 1.165) is 40.9 Å². The zero-order valence-electron chi connectivity index (χ0n) is 24.8. The second-order valence-electron chi connectivity index (χ2n) is 12.0. The van der Waals surface area contributed by atoms with Gasteiger partial charge in [0.2, 0.25) is 0 Å². The summed E-state index contributed by atoms with van der Waals surface area (Å²) in [7, 11) is 1.68. The summed E-state index contributed by atoms with van der Waals surface area (Å²) in [6.45, 7) is 12.9. The number of benzene rings is 3. The molecule has 1 heterocycles. The summed E-state index contributed by atoms with van der Waals surface area (Å²) < 4.78 is 1.49. The van der Waals surface area contributed by atoms with Gasteiger partial charge in [0.05, 0.1) is 16.9 Å². The van der Waals surface area contributed by atoms with Gasteiger partial charge in [-0.3, -0.25) is 9.59 Å². The normalized spacial score (nSPS) is 13.0. The van der Waals surface area contributed by atoms with Crippen molar-refractivity contribution >= 4 is 34.5 Å². The minimum absolute atomic E-state index is 0.0765. The first kappa shape index (κ1) is 28.7. The summed E-state index contributed by atoms with van der Waals surface area (Å²) in [4.78, 5) is 30.7. The lowest BCUT2D eigenvalue weighted by molar-refractivity contribution is 0.0952. The molecule has 5 N–H and O–H groups in total. The number of hydrogen-bond donors (Lipinski definition) is 4. The molecule has 1 aliphatic carbocycles. The van der Waals surface area contributed by atoms with Gasteiger partial charge in [-0.15, -0.1) is 0 Å². The van der Waals surface area contributed by atoms with Crippen molar-refractivity contribution < 1.29 is 4.79 Å². The zero-order valence-corrected chi connectivity index (χ0v) is 24.8. The third kappa shape index (κ3) is 6.22. The Balaban J connectivity index is 1.43. The van der Waals surface area contributed by atoms with Crippen LogP contribution >= 0.6 is 0 Å². The van der Waals surface area contributed by atoms with Gasteiger partial charge in [-0.2, -0.15) is 0 Å². The first-order valence-corrected chi connectivity index (χ1v) is 14.1. The Morgan fingerprint density at radius 2 is 1.76 bits per heavy atom. The average molecular weight is 563 g/mol. The summed E-state index contributed by atoms with van der Waals surface area (Å²) in [5.41, 5.74) is 13.4. The maximum absolute atomic E-state index is 13.1. The molecule has 3 aromatic carbocycles.